The van der Waals surface area contributed by atoms with Gasteiger partial charge in [-0.05, 0) is 42.9 Å². The van der Waals surface area contributed by atoms with Crippen LogP contribution in [0.4, 0.5) is 35.0 Å². The maximum absolute atomic E-state index is 14.9. The van der Waals surface area contributed by atoms with E-state index in [4.69, 9.17) is 4.52 Å². The van der Waals surface area contributed by atoms with Crippen molar-refractivity contribution < 1.29 is 35.3 Å². The number of amides is 1. The predicted octanol–water partition coefficient (Wildman–Crippen LogP) is 4.91. The molecule has 2 aliphatic rings. The van der Waals surface area contributed by atoms with Gasteiger partial charge in [0.1, 0.15) is 11.2 Å². The van der Waals surface area contributed by atoms with Crippen LogP contribution in [0.1, 0.15) is 49.2 Å². The van der Waals surface area contributed by atoms with Crippen LogP contribution in [0.5, 0.6) is 0 Å². The number of aromatic nitrogens is 5. The van der Waals surface area contributed by atoms with Gasteiger partial charge < -0.3 is 15.2 Å². The van der Waals surface area contributed by atoms with E-state index < -0.39 is 33.2 Å². The first-order valence-corrected chi connectivity index (χ1v) is 15.7. The molecule has 2 N–H and O–H groups in total. The summed E-state index contributed by atoms with van der Waals surface area (Å²) in [7, 11) is -3.06. The fraction of sp³-hybridized carbons (Fsp3) is 0.393. The number of benzene rings is 1. The second kappa shape index (κ2) is 11.0. The molecule has 1 aliphatic heterocycles. The summed E-state index contributed by atoms with van der Waals surface area (Å²) >= 11 is 0. The van der Waals surface area contributed by atoms with Gasteiger partial charge in [-0.1, -0.05) is 24.2 Å². The zero-order valence-corrected chi connectivity index (χ0v) is 24.2. The van der Waals surface area contributed by atoms with Gasteiger partial charge in [0.05, 0.1) is 35.3 Å². The smallest absolute Gasteiger partial charge is 0.358 e. The van der Waals surface area contributed by atoms with Gasteiger partial charge >= 0.3 is 6.18 Å². The molecule has 1 atom stereocenters. The Morgan fingerprint density at radius 3 is 2.52 bits per heavy atom. The Morgan fingerprint density at radius 2 is 1.91 bits per heavy atom. The second-order valence-corrected chi connectivity index (χ2v) is 13.2. The summed E-state index contributed by atoms with van der Waals surface area (Å²) in [5.74, 6) is -1.40. The third kappa shape index (κ3) is 5.89. The van der Waals surface area contributed by atoms with Crippen molar-refractivity contribution in [1.82, 2.24) is 24.9 Å². The Morgan fingerprint density at radius 1 is 1.16 bits per heavy atom. The normalized spacial score (nSPS) is 18.7. The van der Waals surface area contributed by atoms with Crippen LogP contribution in [-0.4, -0.2) is 56.9 Å². The second-order valence-electron chi connectivity index (χ2n) is 11.0. The SMILES string of the molecule is CCc1nn(C2CCS(=O)(=O)C2)cc1Nc1ncc(-c2ccc(CC(=O)Nc3cc(C4(C(F)(F)F)CC4)on3)c(F)c2)cn1. The van der Waals surface area contributed by atoms with Crippen molar-refractivity contribution in [2.75, 3.05) is 22.1 Å². The summed E-state index contributed by atoms with van der Waals surface area (Å²) in [6, 6.07) is 5.09. The Balaban J connectivity index is 1.08. The molecule has 4 aromatic rings. The first kappa shape index (κ1) is 29.7. The minimum Gasteiger partial charge on any atom is -0.358 e. The van der Waals surface area contributed by atoms with Crippen LogP contribution < -0.4 is 10.6 Å². The van der Waals surface area contributed by atoms with Crippen molar-refractivity contribution in [3.63, 3.8) is 0 Å². The van der Waals surface area contributed by atoms with Crippen LogP contribution in [0.25, 0.3) is 11.1 Å². The number of carbonyl (C=O) groups excluding carboxylic acids is 1. The third-order valence-electron chi connectivity index (χ3n) is 7.90. The number of alkyl halides is 3. The fourth-order valence-corrected chi connectivity index (χ4v) is 6.92. The van der Waals surface area contributed by atoms with Crippen molar-refractivity contribution in [2.24, 2.45) is 0 Å². The highest BCUT2D eigenvalue weighted by Gasteiger charge is 2.66. The quantitative estimate of drug-likeness (QED) is 0.246. The topological polar surface area (TPSA) is 145 Å². The van der Waals surface area contributed by atoms with Crippen LogP contribution in [-0.2, 0) is 32.9 Å². The molecule has 4 heterocycles. The zero-order valence-electron chi connectivity index (χ0n) is 23.4. The van der Waals surface area contributed by atoms with Gasteiger partial charge in [0.25, 0.3) is 0 Å². The molecule has 3 aromatic heterocycles. The molecule has 0 bridgehead atoms. The lowest BCUT2D eigenvalue weighted by Gasteiger charge is -2.14. The highest BCUT2D eigenvalue weighted by Crippen LogP contribution is 2.59. The van der Waals surface area contributed by atoms with Crippen molar-refractivity contribution in [3.05, 3.63) is 65.7 Å². The Hall–Kier alpha value is -4.34. The first-order chi connectivity index (χ1) is 20.9. The van der Waals surface area contributed by atoms with Crippen molar-refractivity contribution in [1.29, 1.82) is 0 Å². The lowest BCUT2D eigenvalue weighted by Crippen LogP contribution is -2.28. The van der Waals surface area contributed by atoms with E-state index in [0.29, 0.717) is 29.7 Å². The summed E-state index contributed by atoms with van der Waals surface area (Å²) in [6.45, 7) is 1.93. The van der Waals surface area contributed by atoms with Gasteiger partial charge in [-0.15, -0.1) is 0 Å². The molecular weight excluding hydrogens is 606 g/mol. The molecule has 1 saturated carbocycles. The maximum Gasteiger partial charge on any atom is 0.401 e. The molecule has 11 nitrogen and oxygen atoms in total. The van der Waals surface area contributed by atoms with Crippen molar-refractivity contribution in [2.45, 2.75) is 56.7 Å². The fourth-order valence-electron chi connectivity index (χ4n) is 5.21. The maximum atomic E-state index is 14.9. The largest absolute Gasteiger partial charge is 0.401 e. The van der Waals surface area contributed by atoms with Gasteiger partial charge in [0.2, 0.25) is 11.9 Å². The first-order valence-electron chi connectivity index (χ1n) is 13.9. The highest BCUT2D eigenvalue weighted by atomic mass is 32.2. The molecule has 44 heavy (non-hydrogen) atoms. The van der Waals surface area contributed by atoms with Gasteiger partial charge in [0.15, 0.2) is 21.4 Å². The number of anilines is 3. The molecule has 232 valence electrons. The minimum atomic E-state index is -4.48. The average Bonchev–Trinajstić information content (AvgIpc) is 3.30. The van der Waals surface area contributed by atoms with Gasteiger partial charge in [-0.25, -0.2) is 22.8 Å². The van der Waals surface area contributed by atoms with Gasteiger partial charge in [-0.2, -0.15) is 18.3 Å². The van der Waals surface area contributed by atoms with Crippen LogP contribution in [0, 0.1) is 5.82 Å². The number of nitrogens with one attached hydrogen (secondary N) is 2. The molecular formula is C28H27F4N7O4S. The van der Waals surface area contributed by atoms with Crippen molar-refractivity contribution in [3.8, 4) is 11.1 Å². The van der Waals surface area contributed by atoms with Crippen LogP contribution >= 0.6 is 0 Å². The Kier molecular flexibility index (Phi) is 7.42. The summed E-state index contributed by atoms with van der Waals surface area (Å²) in [6.07, 6.45) is 0.800. The number of rotatable bonds is 9. The molecule has 0 spiro atoms. The third-order valence-corrected chi connectivity index (χ3v) is 9.65. The lowest BCUT2D eigenvalue weighted by atomic mass is 10.0. The predicted molar refractivity (Wildman–Crippen MR) is 150 cm³/mol. The van der Waals surface area contributed by atoms with E-state index in [9.17, 15) is 30.8 Å². The monoisotopic (exact) mass is 633 g/mol. The standard InChI is InChI=1S/C28H27F4N7O4S/c1-2-21-22(14-39(37-21)19-5-8-44(41,42)15-19)35-26-33-12-18(13-34-26)16-3-4-17(20(29)9-16)10-25(40)36-24-11-23(43-38-24)27(6-7-27)28(30,31)32/h3-4,9,11-14,19H,2,5-8,10,15H2,1H3,(H,33,34,35)(H,36,38,40). The summed E-state index contributed by atoms with van der Waals surface area (Å²) in [4.78, 5) is 21.1. The minimum absolute atomic E-state index is 0.0524. The number of carbonyl (C=O) groups is 1. The van der Waals surface area contributed by atoms with Crippen LogP contribution in [0.15, 0.2) is 47.4 Å². The molecule has 2 fully saturated rings. The molecule has 6 rings (SSSR count). The molecule has 1 amide bonds. The van der Waals surface area contributed by atoms with E-state index in [-0.39, 0.29) is 59.9 Å². The molecule has 1 unspecified atom stereocenters. The van der Waals surface area contributed by atoms with E-state index >= 15 is 0 Å². The van der Waals surface area contributed by atoms with E-state index in [2.05, 4.69) is 30.9 Å². The zero-order chi connectivity index (χ0) is 31.3. The van der Waals surface area contributed by atoms with Gasteiger partial charge in [-0.3, -0.25) is 9.48 Å². The number of sulfone groups is 1. The molecule has 1 aliphatic carbocycles. The van der Waals surface area contributed by atoms with E-state index in [1.54, 1.807) is 16.9 Å². The number of nitrogens with zero attached hydrogens (tertiary/aromatic N) is 5. The van der Waals surface area contributed by atoms with Crippen LogP contribution in [0.3, 0.4) is 0 Å². The highest BCUT2D eigenvalue weighted by molar-refractivity contribution is 7.91. The Labute approximate surface area is 249 Å². The lowest BCUT2D eigenvalue weighted by molar-refractivity contribution is -0.165. The van der Waals surface area contributed by atoms with E-state index in [1.807, 2.05) is 6.92 Å². The summed E-state index contributed by atoms with van der Waals surface area (Å²) < 4.78 is 85.1. The number of aryl methyl sites for hydroxylation is 1. The number of hydrogen-bond acceptors (Lipinski definition) is 9. The molecule has 1 saturated heterocycles. The number of hydrogen-bond donors (Lipinski definition) is 2. The molecule has 16 heteroatoms. The van der Waals surface area contributed by atoms with Crippen LogP contribution in [0.2, 0.25) is 0 Å². The molecule has 0 radical (unpaired) electrons. The average molecular weight is 634 g/mol. The van der Waals surface area contributed by atoms with E-state index in [0.717, 1.165) is 11.8 Å². The summed E-state index contributed by atoms with van der Waals surface area (Å²) in [5, 5.41) is 13.5. The van der Waals surface area contributed by atoms with E-state index in [1.165, 1.54) is 24.5 Å². The van der Waals surface area contributed by atoms with Gasteiger partial charge in [0, 0.05) is 30.2 Å². The number of halogens is 4. The van der Waals surface area contributed by atoms with Crippen molar-refractivity contribution >= 4 is 33.2 Å². The summed E-state index contributed by atoms with van der Waals surface area (Å²) in [5.41, 5.74) is 0.385. The molecule has 1 aromatic carbocycles. The Bertz CT molecular complexity index is 1820.